The van der Waals surface area contributed by atoms with Gasteiger partial charge in [0.05, 0.1) is 22.9 Å². The van der Waals surface area contributed by atoms with Gasteiger partial charge in [-0.05, 0) is 60.9 Å². The predicted octanol–water partition coefficient (Wildman–Crippen LogP) is 3.16. The number of carbonyl (C=O) groups excluding carboxylic acids is 1. The number of nitrogen functional groups attached to an aromatic ring is 1. The molecule has 0 radical (unpaired) electrons. The first-order valence-electron chi connectivity index (χ1n) is 8.31. The van der Waals surface area contributed by atoms with E-state index < -0.39 is 5.56 Å². The van der Waals surface area contributed by atoms with Crippen LogP contribution in [0, 0.1) is 13.8 Å². The molecule has 4 rings (SSSR count). The number of ketones is 1. The molecule has 27 heavy (non-hydrogen) atoms. The Labute approximate surface area is 158 Å². The van der Waals surface area contributed by atoms with Gasteiger partial charge in [-0.1, -0.05) is 17.4 Å². The molecule has 7 heteroatoms. The van der Waals surface area contributed by atoms with Crippen LogP contribution in [0.15, 0.2) is 46.5 Å². The number of fused-ring (bicyclic) bond motifs is 3. The molecule has 6 nitrogen and oxygen atoms in total. The highest BCUT2D eigenvalue weighted by molar-refractivity contribution is 7.23. The molecule has 0 fully saturated rings. The number of nitrogens with two attached hydrogens (primary N) is 1. The molecule has 0 saturated heterocycles. The fourth-order valence-electron chi connectivity index (χ4n) is 3.04. The Kier molecular flexibility index (Phi) is 3.96. The van der Waals surface area contributed by atoms with E-state index in [9.17, 15) is 9.59 Å². The summed E-state index contributed by atoms with van der Waals surface area (Å²) in [6.45, 7) is 4.08. The van der Waals surface area contributed by atoms with Crippen LogP contribution in [-0.2, 0) is 9.53 Å². The van der Waals surface area contributed by atoms with Gasteiger partial charge in [-0.2, -0.15) is 4.98 Å². The second kappa shape index (κ2) is 6.21. The van der Waals surface area contributed by atoms with Crippen molar-refractivity contribution in [1.29, 1.82) is 0 Å². The number of benzene rings is 1. The van der Waals surface area contributed by atoms with E-state index in [1.165, 1.54) is 30.1 Å². The molecule has 0 spiro atoms. The molecule has 1 aliphatic rings. The lowest BCUT2D eigenvalue weighted by molar-refractivity contribution is -0.114. The van der Waals surface area contributed by atoms with Gasteiger partial charge in [-0.25, -0.2) is 0 Å². The number of ether oxygens (including phenoxy) is 1. The first-order valence-corrected chi connectivity index (χ1v) is 9.12. The molecular weight excluding hydrogens is 362 g/mol. The number of allylic oxidation sites excluding steroid dienone is 4. The van der Waals surface area contributed by atoms with Gasteiger partial charge in [-0.3, -0.25) is 14.0 Å². The van der Waals surface area contributed by atoms with E-state index in [0.717, 1.165) is 15.8 Å². The van der Waals surface area contributed by atoms with Crippen LogP contribution >= 0.6 is 11.3 Å². The maximum absolute atomic E-state index is 12.6. The third-order valence-corrected chi connectivity index (χ3v) is 5.66. The number of methoxy groups -OCH3 is 1. The molecule has 2 heterocycles. The Bertz CT molecular complexity index is 1280. The van der Waals surface area contributed by atoms with Gasteiger partial charge in [0, 0.05) is 0 Å². The molecule has 2 N–H and O–H groups in total. The minimum absolute atomic E-state index is 0.212. The highest BCUT2D eigenvalue weighted by Gasteiger charge is 2.16. The summed E-state index contributed by atoms with van der Waals surface area (Å²) >= 11 is 1.43. The largest absolute Gasteiger partial charge is 0.493 e. The third kappa shape index (κ3) is 2.76. The van der Waals surface area contributed by atoms with Gasteiger partial charge in [0.25, 0.3) is 5.56 Å². The summed E-state index contributed by atoms with van der Waals surface area (Å²) in [5.74, 6) is 0.316. The van der Waals surface area contributed by atoms with Crippen LogP contribution in [-0.4, -0.2) is 22.3 Å². The van der Waals surface area contributed by atoms with E-state index in [-0.39, 0.29) is 17.1 Å². The summed E-state index contributed by atoms with van der Waals surface area (Å²) in [5.41, 5.74) is 10.1. The van der Waals surface area contributed by atoms with E-state index in [4.69, 9.17) is 10.5 Å². The molecule has 0 bridgehead atoms. The van der Waals surface area contributed by atoms with Crippen LogP contribution in [0.5, 0.6) is 0 Å². The molecule has 0 atom stereocenters. The van der Waals surface area contributed by atoms with Gasteiger partial charge in [0.1, 0.15) is 5.82 Å². The van der Waals surface area contributed by atoms with Crippen LogP contribution in [0.3, 0.4) is 0 Å². The molecule has 1 aromatic carbocycles. The van der Waals surface area contributed by atoms with E-state index in [1.807, 2.05) is 13.8 Å². The number of rotatable bonds is 2. The van der Waals surface area contributed by atoms with Crippen molar-refractivity contribution in [3.8, 4) is 0 Å². The first-order chi connectivity index (χ1) is 12.9. The number of anilines is 1. The molecule has 136 valence electrons. The quantitative estimate of drug-likeness (QED) is 0.739. The number of aryl methyl sites for hydroxylation is 2. The fourth-order valence-corrected chi connectivity index (χ4v) is 4.14. The van der Waals surface area contributed by atoms with Crippen molar-refractivity contribution in [3.05, 3.63) is 68.7 Å². The number of nitrogens with zero attached hydrogens (tertiary/aromatic N) is 2. The van der Waals surface area contributed by atoms with Crippen LogP contribution in [0.1, 0.15) is 16.7 Å². The molecule has 3 aromatic rings. The predicted molar refractivity (Wildman–Crippen MR) is 108 cm³/mol. The molecule has 2 aromatic heterocycles. The molecule has 1 aliphatic carbocycles. The second-order valence-electron chi connectivity index (χ2n) is 6.39. The Balaban J connectivity index is 1.98. The van der Waals surface area contributed by atoms with Crippen molar-refractivity contribution in [1.82, 2.24) is 9.38 Å². The monoisotopic (exact) mass is 379 g/mol. The lowest BCUT2D eigenvalue weighted by Gasteiger charge is -2.09. The minimum atomic E-state index is -0.405. The van der Waals surface area contributed by atoms with Gasteiger partial charge in [-0.15, -0.1) is 0 Å². The van der Waals surface area contributed by atoms with Crippen molar-refractivity contribution >= 4 is 44.2 Å². The van der Waals surface area contributed by atoms with Crippen molar-refractivity contribution in [3.63, 3.8) is 0 Å². The SMILES string of the molecule is COC1=C/C(=C\c2c(N)n3c(nc2=O)sc2cc(C)c(C)cc23)C=CC1=O. The maximum Gasteiger partial charge on any atom is 0.283 e. The number of aromatic nitrogens is 2. The first kappa shape index (κ1) is 17.2. The van der Waals surface area contributed by atoms with Crippen molar-refractivity contribution in [2.75, 3.05) is 12.8 Å². The summed E-state index contributed by atoms with van der Waals surface area (Å²) in [6.07, 6.45) is 6.23. The zero-order chi connectivity index (χ0) is 19.3. The Hall–Kier alpha value is -3.19. The Morgan fingerprint density at radius 1 is 1.19 bits per heavy atom. The zero-order valence-electron chi connectivity index (χ0n) is 15.1. The minimum Gasteiger partial charge on any atom is -0.493 e. The molecule has 0 saturated carbocycles. The van der Waals surface area contributed by atoms with Crippen LogP contribution in [0.4, 0.5) is 5.82 Å². The summed E-state index contributed by atoms with van der Waals surface area (Å²) in [7, 11) is 1.43. The second-order valence-corrected chi connectivity index (χ2v) is 7.40. The van der Waals surface area contributed by atoms with Crippen LogP contribution in [0.25, 0.3) is 21.3 Å². The lowest BCUT2D eigenvalue weighted by Crippen LogP contribution is -2.16. The molecule has 0 unspecified atom stereocenters. The van der Waals surface area contributed by atoms with Crippen LogP contribution < -0.4 is 11.3 Å². The molecule has 0 aliphatic heterocycles. The van der Waals surface area contributed by atoms with E-state index in [0.29, 0.717) is 16.4 Å². The number of hydrogen-bond acceptors (Lipinski definition) is 6. The molecular formula is C20H17N3O3S. The van der Waals surface area contributed by atoms with Gasteiger partial charge >= 0.3 is 0 Å². The average molecular weight is 379 g/mol. The molecule has 0 amide bonds. The Morgan fingerprint density at radius 2 is 1.93 bits per heavy atom. The fraction of sp³-hybridized carbons (Fsp3) is 0.150. The average Bonchev–Trinajstić information content (AvgIpc) is 2.97. The summed E-state index contributed by atoms with van der Waals surface area (Å²) in [6, 6.07) is 4.13. The van der Waals surface area contributed by atoms with Crippen molar-refractivity contribution in [2.45, 2.75) is 13.8 Å². The highest BCUT2D eigenvalue weighted by atomic mass is 32.1. The standard InChI is InChI=1S/C20H17N3O3S/c1-10-6-14-17(7-11(10)2)27-20-22-19(25)13(18(21)23(14)20)8-12-4-5-15(24)16(9-12)26-3/h4-9H,21H2,1-3H3/b12-8-. The van der Waals surface area contributed by atoms with Gasteiger partial charge in [0.15, 0.2) is 10.7 Å². The number of carbonyl (C=O) groups is 1. The summed E-state index contributed by atoms with van der Waals surface area (Å²) < 4.78 is 7.89. The number of thiazole rings is 1. The zero-order valence-corrected chi connectivity index (χ0v) is 15.9. The maximum atomic E-state index is 12.6. The topological polar surface area (TPSA) is 86.7 Å². The van der Waals surface area contributed by atoms with E-state index in [1.54, 1.807) is 22.6 Å². The Morgan fingerprint density at radius 3 is 2.67 bits per heavy atom. The number of hydrogen-bond donors (Lipinski definition) is 1. The van der Waals surface area contributed by atoms with Crippen molar-refractivity contribution < 1.29 is 9.53 Å². The van der Waals surface area contributed by atoms with Crippen molar-refractivity contribution in [2.24, 2.45) is 0 Å². The summed E-state index contributed by atoms with van der Waals surface area (Å²) in [5, 5.41) is 0. The van der Waals surface area contributed by atoms with Gasteiger partial charge < -0.3 is 10.5 Å². The normalized spacial score (nSPS) is 15.7. The van der Waals surface area contributed by atoms with E-state index >= 15 is 0 Å². The van der Waals surface area contributed by atoms with E-state index in [2.05, 4.69) is 17.1 Å². The highest BCUT2D eigenvalue weighted by Crippen LogP contribution is 2.30. The van der Waals surface area contributed by atoms with Crippen LogP contribution in [0.2, 0.25) is 0 Å². The summed E-state index contributed by atoms with van der Waals surface area (Å²) in [4.78, 5) is 29.0. The third-order valence-electron chi connectivity index (χ3n) is 4.65. The smallest absolute Gasteiger partial charge is 0.283 e. The van der Waals surface area contributed by atoms with Gasteiger partial charge in [0.2, 0.25) is 5.78 Å². The lowest BCUT2D eigenvalue weighted by atomic mass is 10.0.